The first kappa shape index (κ1) is 16.1. The molecule has 5 nitrogen and oxygen atoms in total. The number of carbonyl (C=O) groups is 2. The van der Waals surface area contributed by atoms with Crippen molar-refractivity contribution < 1.29 is 19.1 Å². The highest BCUT2D eigenvalue weighted by Crippen LogP contribution is 2.36. The second-order valence-corrected chi connectivity index (χ2v) is 5.67. The smallest absolute Gasteiger partial charge is 0.329 e. The molecule has 1 amide bonds. The van der Waals surface area contributed by atoms with Gasteiger partial charge in [-0.05, 0) is 36.2 Å². The molecule has 24 heavy (non-hydrogen) atoms. The third kappa shape index (κ3) is 2.85. The largest absolute Gasteiger partial charge is 0.497 e. The first-order chi connectivity index (χ1) is 11.7. The summed E-state index contributed by atoms with van der Waals surface area (Å²) in [6, 6.07) is 16.2. The summed E-state index contributed by atoms with van der Waals surface area (Å²) in [6.07, 6.45) is 0.520. The van der Waals surface area contributed by atoms with Gasteiger partial charge in [0.1, 0.15) is 11.8 Å². The van der Waals surface area contributed by atoms with Crippen LogP contribution in [-0.4, -0.2) is 32.1 Å². The van der Waals surface area contributed by atoms with Gasteiger partial charge in [0, 0.05) is 5.69 Å². The van der Waals surface area contributed by atoms with Crippen molar-refractivity contribution in [3.63, 3.8) is 0 Å². The molecule has 1 fully saturated rings. The van der Waals surface area contributed by atoms with Gasteiger partial charge in [-0.1, -0.05) is 30.3 Å². The highest BCUT2D eigenvalue weighted by molar-refractivity contribution is 6.10. The minimum absolute atomic E-state index is 0.0700. The SMILES string of the molecule is COC(=O)[C@@H]1[C@H](Cc2ccccc2)C(=O)N1c1ccc(OC)cc1. The minimum atomic E-state index is -0.601. The van der Waals surface area contributed by atoms with Crippen molar-refractivity contribution in [1.29, 1.82) is 0 Å². The lowest BCUT2D eigenvalue weighted by Crippen LogP contribution is -2.65. The van der Waals surface area contributed by atoms with Gasteiger partial charge in [0.25, 0.3) is 0 Å². The molecule has 2 atom stereocenters. The van der Waals surface area contributed by atoms with Gasteiger partial charge in [0.15, 0.2) is 0 Å². The first-order valence-corrected chi connectivity index (χ1v) is 7.74. The Labute approximate surface area is 140 Å². The molecule has 0 spiro atoms. The number of rotatable bonds is 5. The quantitative estimate of drug-likeness (QED) is 0.626. The molecule has 2 aromatic carbocycles. The summed E-state index contributed by atoms with van der Waals surface area (Å²) >= 11 is 0. The summed E-state index contributed by atoms with van der Waals surface area (Å²) in [4.78, 5) is 26.3. The van der Waals surface area contributed by atoms with Gasteiger partial charge in [-0.2, -0.15) is 0 Å². The van der Waals surface area contributed by atoms with Crippen molar-refractivity contribution in [2.45, 2.75) is 12.5 Å². The van der Waals surface area contributed by atoms with Crippen LogP contribution in [0.3, 0.4) is 0 Å². The Hall–Kier alpha value is -2.82. The van der Waals surface area contributed by atoms with E-state index >= 15 is 0 Å². The number of amides is 1. The number of β-lactam (4-membered cyclic amide) rings is 1. The highest BCUT2D eigenvalue weighted by atomic mass is 16.5. The van der Waals surface area contributed by atoms with E-state index in [1.807, 2.05) is 30.3 Å². The predicted octanol–water partition coefficient (Wildman–Crippen LogP) is 2.44. The van der Waals surface area contributed by atoms with Crippen molar-refractivity contribution in [3.05, 3.63) is 60.2 Å². The van der Waals surface area contributed by atoms with Gasteiger partial charge >= 0.3 is 5.97 Å². The molecule has 0 aliphatic carbocycles. The van der Waals surface area contributed by atoms with Crippen LogP contribution in [0.4, 0.5) is 5.69 Å². The Morgan fingerprint density at radius 2 is 1.71 bits per heavy atom. The van der Waals surface area contributed by atoms with E-state index in [0.717, 1.165) is 5.56 Å². The van der Waals surface area contributed by atoms with Crippen LogP contribution < -0.4 is 9.64 Å². The van der Waals surface area contributed by atoms with Crippen molar-refractivity contribution in [1.82, 2.24) is 0 Å². The van der Waals surface area contributed by atoms with Gasteiger partial charge < -0.3 is 9.47 Å². The lowest BCUT2D eigenvalue weighted by atomic mass is 9.81. The monoisotopic (exact) mass is 325 g/mol. The molecule has 0 radical (unpaired) electrons. The average Bonchev–Trinajstić information content (AvgIpc) is 2.64. The molecule has 2 aromatic rings. The molecule has 0 saturated carbocycles. The van der Waals surface area contributed by atoms with Gasteiger partial charge in [-0.3, -0.25) is 9.69 Å². The zero-order chi connectivity index (χ0) is 17.1. The van der Waals surface area contributed by atoms with Crippen molar-refractivity contribution in [2.75, 3.05) is 19.1 Å². The normalized spacial score (nSPS) is 19.6. The highest BCUT2D eigenvalue weighted by Gasteiger charge is 2.52. The molecule has 1 saturated heterocycles. The van der Waals surface area contributed by atoms with Crippen molar-refractivity contribution in [2.24, 2.45) is 5.92 Å². The minimum Gasteiger partial charge on any atom is -0.497 e. The fourth-order valence-corrected chi connectivity index (χ4v) is 3.04. The molecule has 1 aliphatic heterocycles. The number of hydrogen-bond acceptors (Lipinski definition) is 4. The summed E-state index contributed by atoms with van der Waals surface area (Å²) < 4.78 is 10.0. The maximum Gasteiger partial charge on any atom is 0.329 e. The van der Waals surface area contributed by atoms with Crippen molar-refractivity contribution >= 4 is 17.6 Å². The fraction of sp³-hybridized carbons (Fsp3) is 0.263. The van der Waals surface area contributed by atoms with Gasteiger partial charge in [0.05, 0.1) is 20.1 Å². The number of anilines is 1. The summed E-state index contributed by atoms with van der Waals surface area (Å²) in [5.41, 5.74) is 1.69. The van der Waals surface area contributed by atoms with E-state index in [1.54, 1.807) is 31.4 Å². The Kier molecular flexibility index (Phi) is 4.51. The average molecular weight is 325 g/mol. The maximum atomic E-state index is 12.6. The Bertz CT molecular complexity index is 727. The van der Waals surface area contributed by atoms with E-state index in [0.29, 0.717) is 17.9 Å². The number of benzene rings is 2. The Morgan fingerprint density at radius 1 is 1.04 bits per heavy atom. The molecule has 1 aliphatic rings. The van der Waals surface area contributed by atoms with Gasteiger partial charge in [-0.25, -0.2) is 4.79 Å². The van der Waals surface area contributed by atoms with E-state index in [2.05, 4.69) is 0 Å². The van der Waals surface area contributed by atoms with Crippen LogP contribution in [-0.2, 0) is 20.7 Å². The zero-order valence-corrected chi connectivity index (χ0v) is 13.6. The number of esters is 1. The van der Waals surface area contributed by atoms with Gasteiger partial charge in [-0.15, -0.1) is 0 Å². The second kappa shape index (κ2) is 6.74. The molecule has 124 valence electrons. The number of ether oxygens (including phenoxy) is 2. The predicted molar refractivity (Wildman–Crippen MR) is 89.9 cm³/mol. The molecule has 0 unspecified atom stereocenters. The van der Waals surface area contributed by atoms with E-state index in [-0.39, 0.29) is 5.91 Å². The molecule has 1 heterocycles. The van der Waals surface area contributed by atoms with Crippen molar-refractivity contribution in [3.8, 4) is 5.75 Å². The Balaban J connectivity index is 1.84. The molecule has 5 heteroatoms. The Morgan fingerprint density at radius 3 is 2.29 bits per heavy atom. The topological polar surface area (TPSA) is 55.8 Å². The zero-order valence-electron chi connectivity index (χ0n) is 13.6. The summed E-state index contributed by atoms with van der Waals surface area (Å²) in [5, 5.41) is 0. The molecule has 3 rings (SSSR count). The molecule has 0 aromatic heterocycles. The standard InChI is InChI=1S/C19H19NO4/c1-23-15-10-8-14(9-11-15)20-17(19(22)24-2)16(18(20)21)12-13-6-4-3-5-7-13/h3-11,16-17H,12H2,1-2H3/t16-,17-/m0/s1. The molecular formula is C19H19NO4. The van der Waals surface area contributed by atoms with Crippen LogP contribution in [0, 0.1) is 5.92 Å². The van der Waals surface area contributed by atoms with Crippen LogP contribution >= 0.6 is 0 Å². The van der Waals surface area contributed by atoms with Crippen LogP contribution in [0.15, 0.2) is 54.6 Å². The number of carbonyl (C=O) groups excluding carboxylic acids is 2. The van der Waals surface area contributed by atoms with Crippen LogP contribution in [0.5, 0.6) is 5.75 Å². The third-order valence-electron chi connectivity index (χ3n) is 4.31. The number of methoxy groups -OCH3 is 2. The first-order valence-electron chi connectivity index (χ1n) is 7.74. The summed E-state index contributed by atoms with van der Waals surface area (Å²) in [5.74, 6) is -0.171. The van der Waals surface area contributed by atoms with Crippen LogP contribution in [0.25, 0.3) is 0 Å². The van der Waals surface area contributed by atoms with E-state index in [9.17, 15) is 9.59 Å². The van der Waals surface area contributed by atoms with Crippen LogP contribution in [0.1, 0.15) is 5.56 Å². The molecular weight excluding hydrogens is 306 g/mol. The number of nitrogens with zero attached hydrogens (tertiary/aromatic N) is 1. The second-order valence-electron chi connectivity index (χ2n) is 5.67. The fourth-order valence-electron chi connectivity index (χ4n) is 3.04. The summed E-state index contributed by atoms with van der Waals surface area (Å²) in [6.45, 7) is 0. The molecule has 0 bridgehead atoms. The van der Waals surface area contributed by atoms with E-state index in [4.69, 9.17) is 9.47 Å². The summed E-state index contributed by atoms with van der Waals surface area (Å²) in [7, 11) is 2.92. The van der Waals surface area contributed by atoms with E-state index in [1.165, 1.54) is 12.0 Å². The van der Waals surface area contributed by atoms with Crippen LogP contribution in [0.2, 0.25) is 0 Å². The molecule has 0 N–H and O–H groups in total. The lowest BCUT2D eigenvalue weighted by molar-refractivity contribution is -0.152. The maximum absolute atomic E-state index is 12.6. The number of hydrogen-bond donors (Lipinski definition) is 0. The van der Waals surface area contributed by atoms with E-state index < -0.39 is 17.9 Å². The third-order valence-corrected chi connectivity index (χ3v) is 4.31. The lowest BCUT2D eigenvalue weighted by Gasteiger charge is -2.45. The van der Waals surface area contributed by atoms with Gasteiger partial charge in [0.2, 0.25) is 5.91 Å².